The van der Waals surface area contributed by atoms with Crippen molar-refractivity contribution in [3.8, 4) is 0 Å². The fourth-order valence-corrected chi connectivity index (χ4v) is 4.09. The number of hydrogen-bond donors (Lipinski definition) is 1. The van der Waals surface area contributed by atoms with Crippen molar-refractivity contribution in [1.82, 2.24) is 9.47 Å². The number of fused-ring (bicyclic) bond motifs is 3. The molecular formula is C19H22N2O4. The molecule has 25 heavy (non-hydrogen) atoms. The fourth-order valence-electron chi connectivity index (χ4n) is 4.09. The standard InChI is InChI=1S/C19H22N2O4/c22-17(20-8-10-25-11-9-20)12-21-16-7-2-1-4-13(16)14-5-3-6-15(18(14)21)19(23)24/h3,5-6H,1-2,4,7-12H2,(H,23,24). The van der Waals surface area contributed by atoms with Gasteiger partial charge in [-0.25, -0.2) is 4.79 Å². The Morgan fingerprint density at radius 2 is 1.88 bits per heavy atom. The quantitative estimate of drug-likeness (QED) is 0.927. The lowest BCUT2D eigenvalue weighted by atomic mass is 9.95. The first kappa shape index (κ1) is 16.1. The number of benzene rings is 1. The van der Waals surface area contributed by atoms with E-state index in [1.165, 1.54) is 5.56 Å². The van der Waals surface area contributed by atoms with Crippen LogP contribution >= 0.6 is 0 Å². The van der Waals surface area contributed by atoms with E-state index in [4.69, 9.17) is 4.74 Å². The van der Waals surface area contributed by atoms with Gasteiger partial charge in [-0.3, -0.25) is 4.79 Å². The van der Waals surface area contributed by atoms with Gasteiger partial charge in [0.2, 0.25) is 5.91 Å². The van der Waals surface area contributed by atoms with Crippen LogP contribution in [0.25, 0.3) is 10.9 Å². The summed E-state index contributed by atoms with van der Waals surface area (Å²) in [6.45, 7) is 2.54. The molecule has 132 valence electrons. The SMILES string of the molecule is O=C(O)c1cccc2c3c(n(CC(=O)N4CCOCC4)c12)CCCC3. The molecule has 1 aliphatic heterocycles. The molecule has 2 aromatic rings. The molecule has 0 unspecified atom stereocenters. The van der Waals surface area contributed by atoms with E-state index >= 15 is 0 Å². The van der Waals surface area contributed by atoms with Gasteiger partial charge in [0.15, 0.2) is 0 Å². The molecule has 2 aliphatic rings. The Labute approximate surface area is 146 Å². The number of carboxylic acid groups (broad SMARTS) is 1. The zero-order valence-electron chi connectivity index (χ0n) is 14.2. The van der Waals surface area contributed by atoms with E-state index in [0.717, 1.165) is 36.8 Å². The molecule has 1 amide bonds. The molecule has 0 atom stereocenters. The second kappa shape index (κ2) is 6.52. The zero-order chi connectivity index (χ0) is 17.4. The Bertz CT molecular complexity index is 834. The van der Waals surface area contributed by atoms with E-state index in [9.17, 15) is 14.7 Å². The van der Waals surface area contributed by atoms with Crippen molar-refractivity contribution in [2.45, 2.75) is 32.2 Å². The zero-order valence-corrected chi connectivity index (χ0v) is 14.2. The van der Waals surface area contributed by atoms with Crippen LogP contribution in [0.5, 0.6) is 0 Å². The van der Waals surface area contributed by atoms with E-state index in [1.54, 1.807) is 12.1 Å². The minimum atomic E-state index is -0.944. The Morgan fingerprint density at radius 3 is 2.64 bits per heavy atom. The number of nitrogens with zero attached hydrogens (tertiary/aromatic N) is 2. The molecule has 6 heteroatoms. The molecular weight excluding hydrogens is 320 g/mol. The van der Waals surface area contributed by atoms with E-state index in [1.807, 2.05) is 15.5 Å². The van der Waals surface area contributed by atoms with Crippen LogP contribution in [0.1, 0.15) is 34.5 Å². The monoisotopic (exact) mass is 342 g/mol. The Morgan fingerprint density at radius 1 is 1.12 bits per heavy atom. The third-order valence-electron chi connectivity index (χ3n) is 5.28. The van der Waals surface area contributed by atoms with Gasteiger partial charge in [-0.2, -0.15) is 0 Å². The normalized spacial score (nSPS) is 17.5. The third-order valence-corrected chi connectivity index (χ3v) is 5.28. The van der Waals surface area contributed by atoms with Gasteiger partial charge >= 0.3 is 5.97 Å². The predicted octanol–water partition coefficient (Wildman–Crippen LogP) is 2.08. The highest BCUT2D eigenvalue weighted by Crippen LogP contribution is 2.34. The summed E-state index contributed by atoms with van der Waals surface area (Å²) >= 11 is 0. The second-order valence-electron chi connectivity index (χ2n) is 6.72. The van der Waals surface area contributed by atoms with Crippen LogP contribution in [-0.2, 0) is 28.9 Å². The largest absolute Gasteiger partial charge is 0.478 e. The number of carbonyl (C=O) groups is 2. The lowest BCUT2D eigenvalue weighted by molar-refractivity contribution is -0.135. The van der Waals surface area contributed by atoms with Gasteiger partial charge in [-0.15, -0.1) is 0 Å². The highest BCUT2D eigenvalue weighted by atomic mass is 16.5. The maximum atomic E-state index is 12.8. The molecule has 1 aromatic carbocycles. The Hall–Kier alpha value is -2.34. The molecule has 0 radical (unpaired) electrons. The number of hydrogen-bond acceptors (Lipinski definition) is 3. The van der Waals surface area contributed by atoms with Crippen molar-refractivity contribution in [1.29, 1.82) is 0 Å². The summed E-state index contributed by atoms with van der Waals surface area (Å²) < 4.78 is 7.28. The van der Waals surface area contributed by atoms with Crippen LogP contribution in [0, 0.1) is 0 Å². The number of amides is 1. The van der Waals surface area contributed by atoms with Crippen molar-refractivity contribution in [3.63, 3.8) is 0 Å². The maximum absolute atomic E-state index is 12.8. The van der Waals surface area contributed by atoms with Crippen LogP contribution < -0.4 is 0 Å². The van der Waals surface area contributed by atoms with Crippen molar-refractivity contribution < 1.29 is 19.4 Å². The highest BCUT2D eigenvalue weighted by molar-refractivity contribution is 6.04. The Kier molecular flexibility index (Phi) is 4.21. The van der Waals surface area contributed by atoms with E-state index in [2.05, 4.69) is 0 Å². The molecule has 6 nitrogen and oxygen atoms in total. The predicted molar refractivity (Wildman–Crippen MR) is 92.9 cm³/mol. The van der Waals surface area contributed by atoms with E-state index in [-0.39, 0.29) is 18.0 Å². The molecule has 4 rings (SSSR count). The minimum absolute atomic E-state index is 0.0359. The number of aryl methyl sites for hydroxylation is 1. The van der Waals surface area contributed by atoms with Gasteiger partial charge in [0, 0.05) is 24.2 Å². The molecule has 1 N–H and O–H groups in total. The van der Waals surface area contributed by atoms with Gasteiger partial charge in [0.1, 0.15) is 6.54 Å². The first-order valence-electron chi connectivity index (χ1n) is 8.88. The second-order valence-corrected chi connectivity index (χ2v) is 6.72. The maximum Gasteiger partial charge on any atom is 0.337 e. The third kappa shape index (κ3) is 2.80. The molecule has 2 heterocycles. The van der Waals surface area contributed by atoms with Crippen LogP contribution in [0.2, 0.25) is 0 Å². The van der Waals surface area contributed by atoms with Crippen molar-refractivity contribution >= 4 is 22.8 Å². The summed E-state index contributed by atoms with van der Waals surface area (Å²) in [5.41, 5.74) is 3.33. The van der Waals surface area contributed by atoms with Gasteiger partial charge in [0.25, 0.3) is 0 Å². The minimum Gasteiger partial charge on any atom is -0.478 e. The van der Waals surface area contributed by atoms with Gasteiger partial charge < -0.3 is 19.3 Å². The first-order chi connectivity index (χ1) is 12.2. The number of rotatable bonds is 3. The summed E-state index contributed by atoms with van der Waals surface area (Å²) in [6.07, 6.45) is 4.05. The van der Waals surface area contributed by atoms with Gasteiger partial charge in [-0.1, -0.05) is 12.1 Å². The molecule has 1 fully saturated rings. The van der Waals surface area contributed by atoms with Crippen LogP contribution in [0.15, 0.2) is 18.2 Å². The van der Waals surface area contributed by atoms with Gasteiger partial charge in [0.05, 0.1) is 24.3 Å². The lowest BCUT2D eigenvalue weighted by Crippen LogP contribution is -2.42. The molecule has 0 saturated carbocycles. The van der Waals surface area contributed by atoms with Crippen molar-refractivity contribution in [3.05, 3.63) is 35.0 Å². The van der Waals surface area contributed by atoms with Crippen LogP contribution in [-0.4, -0.2) is 52.8 Å². The molecule has 1 aliphatic carbocycles. The molecule has 1 saturated heterocycles. The number of carboxylic acids is 1. The highest BCUT2D eigenvalue weighted by Gasteiger charge is 2.26. The molecule has 0 spiro atoms. The van der Waals surface area contributed by atoms with Crippen LogP contribution in [0.3, 0.4) is 0 Å². The Balaban J connectivity index is 1.81. The van der Waals surface area contributed by atoms with E-state index in [0.29, 0.717) is 31.8 Å². The van der Waals surface area contributed by atoms with Crippen LogP contribution in [0.4, 0.5) is 0 Å². The number of aromatic carboxylic acids is 1. The smallest absolute Gasteiger partial charge is 0.337 e. The summed E-state index contributed by atoms with van der Waals surface area (Å²) in [6, 6.07) is 5.42. The van der Waals surface area contributed by atoms with Crippen molar-refractivity contribution in [2.75, 3.05) is 26.3 Å². The fraction of sp³-hybridized carbons (Fsp3) is 0.474. The molecule has 1 aromatic heterocycles. The number of morpholine rings is 1. The average molecular weight is 342 g/mol. The lowest BCUT2D eigenvalue weighted by Gasteiger charge is -2.27. The summed E-state index contributed by atoms with van der Waals surface area (Å²) in [5, 5.41) is 10.6. The molecule has 0 bridgehead atoms. The number of ether oxygens (including phenoxy) is 1. The topological polar surface area (TPSA) is 71.8 Å². The average Bonchev–Trinajstić information content (AvgIpc) is 2.96. The van der Waals surface area contributed by atoms with E-state index < -0.39 is 5.97 Å². The summed E-state index contributed by atoms with van der Waals surface area (Å²) in [4.78, 5) is 26.3. The van der Waals surface area contributed by atoms with Crippen molar-refractivity contribution in [2.24, 2.45) is 0 Å². The summed E-state index contributed by atoms with van der Waals surface area (Å²) in [7, 11) is 0. The number of carbonyl (C=O) groups excluding carboxylic acids is 1. The van der Waals surface area contributed by atoms with Gasteiger partial charge in [-0.05, 0) is 37.3 Å². The number of para-hydroxylation sites is 1. The first-order valence-corrected chi connectivity index (χ1v) is 8.88. The number of aromatic nitrogens is 1. The summed E-state index contributed by atoms with van der Waals surface area (Å²) in [5.74, 6) is -0.908.